The van der Waals surface area contributed by atoms with Crippen molar-refractivity contribution in [3.63, 3.8) is 0 Å². The van der Waals surface area contributed by atoms with Gasteiger partial charge in [-0.15, -0.1) is 0 Å². The molecule has 0 aliphatic heterocycles. The number of ether oxygens (including phenoxy) is 1. The van der Waals surface area contributed by atoms with Gasteiger partial charge in [0.25, 0.3) is 0 Å². The molecule has 0 aliphatic carbocycles. The van der Waals surface area contributed by atoms with Gasteiger partial charge in [0.2, 0.25) is 5.31 Å². The molecule has 0 heterocycles. The average Bonchev–Trinajstić information content (AvgIpc) is 2.18. The molecule has 0 radical (unpaired) electrons. The van der Waals surface area contributed by atoms with E-state index in [1.807, 2.05) is 0 Å². The zero-order valence-corrected chi connectivity index (χ0v) is 11.3. The number of hydrogen-bond donors (Lipinski definition) is 0. The first kappa shape index (κ1) is 16.5. The minimum atomic E-state index is -3.85. The maximum Gasteiger partial charge on any atom is 1.00 e. The molecule has 0 aliphatic rings. The zero-order chi connectivity index (χ0) is 10.5. The van der Waals surface area contributed by atoms with Gasteiger partial charge in [0.1, 0.15) is 5.94 Å². The fourth-order valence-corrected chi connectivity index (χ4v) is 1.50. The van der Waals surface area contributed by atoms with Gasteiger partial charge >= 0.3 is 43.1 Å². The van der Waals surface area contributed by atoms with E-state index in [-0.39, 0.29) is 31.0 Å². The van der Waals surface area contributed by atoms with Gasteiger partial charge in [-0.1, -0.05) is 0 Å². The summed E-state index contributed by atoms with van der Waals surface area (Å²) in [4.78, 5) is 21.1. The van der Waals surface area contributed by atoms with Crippen LogP contribution >= 0.6 is 7.60 Å². The van der Waals surface area contributed by atoms with Crippen molar-refractivity contribution in [2.45, 2.75) is 0 Å². The second kappa shape index (κ2) is 7.37. The molecule has 0 atom stereocenters. The van der Waals surface area contributed by atoms with E-state index in [0.717, 1.165) is 21.3 Å². The summed E-state index contributed by atoms with van der Waals surface area (Å²) < 4.78 is 24.4. The SMILES string of the molecule is COC(=O)C(=C=O)P(=O)(OC)OC.[H-].[Na+]. The molecule has 76 valence electrons. The van der Waals surface area contributed by atoms with Crippen molar-refractivity contribution in [3.05, 3.63) is 5.31 Å². The molecule has 0 bridgehead atoms. The smallest absolute Gasteiger partial charge is 1.00 e. The fraction of sp³-hybridized carbons (Fsp3) is 0.500. The summed E-state index contributed by atoms with van der Waals surface area (Å²) in [5, 5.41) is -0.778. The molecule has 0 amide bonds. The number of carbonyl (C=O) groups excluding carboxylic acids is 2. The molecule has 0 saturated carbocycles. The van der Waals surface area contributed by atoms with Crippen molar-refractivity contribution in [2.24, 2.45) is 0 Å². The van der Waals surface area contributed by atoms with Gasteiger partial charge in [-0.25, -0.2) is 9.59 Å². The van der Waals surface area contributed by atoms with Crippen LogP contribution in [0.25, 0.3) is 0 Å². The van der Waals surface area contributed by atoms with Crippen LogP contribution in [0, 0.1) is 0 Å². The zero-order valence-electron chi connectivity index (χ0n) is 9.40. The normalized spacial score (nSPS) is 9.64. The van der Waals surface area contributed by atoms with E-state index in [1.165, 1.54) is 5.94 Å². The third-order valence-electron chi connectivity index (χ3n) is 1.23. The van der Waals surface area contributed by atoms with E-state index in [9.17, 15) is 14.2 Å². The van der Waals surface area contributed by atoms with Crippen molar-refractivity contribution in [2.75, 3.05) is 21.3 Å². The first-order valence-corrected chi connectivity index (χ1v) is 4.65. The van der Waals surface area contributed by atoms with Crippen LogP contribution in [-0.4, -0.2) is 33.2 Å². The predicted octanol–water partition coefficient (Wildman–Crippen LogP) is -2.52. The standard InChI is InChI=1S/C6H9O6P.Na.H/c1-10-6(8)5(4-7)13(9,11-2)12-3;;/h1-3H3;;/q;+1;-1. The summed E-state index contributed by atoms with van der Waals surface area (Å²) in [5.41, 5.74) is 0. The molecule has 0 spiro atoms. The third-order valence-corrected chi connectivity index (χ3v) is 3.01. The van der Waals surface area contributed by atoms with Crippen molar-refractivity contribution < 1.29 is 58.9 Å². The van der Waals surface area contributed by atoms with E-state index in [0.29, 0.717) is 0 Å². The molecule has 14 heavy (non-hydrogen) atoms. The average molecular weight is 232 g/mol. The number of carbonyl (C=O) groups is 1. The topological polar surface area (TPSA) is 78.9 Å². The summed E-state index contributed by atoms with van der Waals surface area (Å²) in [5.74, 6) is 0.0927. The molecule has 0 N–H and O–H groups in total. The first-order chi connectivity index (χ1) is 6.05. The molecule has 0 saturated heterocycles. The molecule has 0 unspecified atom stereocenters. The summed E-state index contributed by atoms with van der Waals surface area (Å²) in [6, 6.07) is 0. The second-order valence-corrected chi connectivity index (χ2v) is 3.98. The molecule has 0 rings (SSSR count). The van der Waals surface area contributed by atoms with Gasteiger partial charge in [-0.3, -0.25) is 4.57 Å². The van der Waals surface area contributed by atoms with E-state index in [1.54, 1.807) is 0 Å². The van der Waals surface area contributed by atoms with Crippen molar-refractivity contribution in [3.8, 4) is 0 Å². The Morgan fingerprint density at radius 3 is 1.93 bits per heavy atom. The van der Waals surface area contributed by atoms with E-state index < -0.39 is 18.9 Å². The van der Waals surface area contributed by atoms with Crippen LogP contribution in [0.1, 0.15) is 1.43 Å². The van der Waals surface area contributed by atoms with Crippen LogP contribution in [0.2, 0.25) is 0 Å². The Balaban J connectivity index is -0.000000720. The molecular weight excluding hydrogens is 222 g/mol. The number of esters is 1. The van der Waals surface area contributed by atoms with E-state index in [4.69, 9.17) is 0 Å². The minimum Gasteiger partial charge on any atom is -1.00 e. The summed E-state index contributed by atoms with van der Waals surface area (Å²) in [6.45, 7) is 0. The van der Waals surface area contributed by atoms with Crippen LogP contribution in [0.5, 0.6) is 0 Å². The Hall–Kier alpha value is 0.0700. The first-order valence-electron chi connectivity index (χ1n) is 3.11. The molecular formula is C6H10NaO6P. The Labute approximate surface area is 105 Å². The van der Waals surface area contributed by atoms with Crippen molar-refractivity contribution in [1.29, 1.82) is 0 Å². The molecule has 0 aromatic carbocycles. The van der Waals surface area contributed by atoms with Gasteiger partial charge in [0.15, 0.2) is 0 Å². The molecule has 6 nitrogen and oxygen atoms in total. The number of rotatable bonds is 4. The van der Waals surface area contributed by atoms with Gasteiger partial charge < -0.3 is 15.2 Å². The van der Waals surface area contributed by atoms with E-state index in [2.05, 4.69) is 13.8 Å². The Kier molecular flexibility index (Phi) is 8.69. The van der Waals surface area contributed by atoms with Crippen LogP contribution in [0.4, 0.5) is 0 Å². The van der Waals surface area contributed by atoms with Crippen LogP contribution in [0.15, 0.2) is 5.31 Å². The van der Waals surface area contributed by atoms with Crippen LogP contribution in [0.3, 0.4) is 0 Å². The Morgan fingerprint density at radius 2 is 1.71 bits per heavy atom. The predicted molar refractivity (Wildman–Crippen MR) is 44.0 cm³/mol. The fourth-order valence-electron chi connectivity index (χ4n) is 0.563. The minimum absolute atomic E-state index is 0. The molecule has 0 aromatic heterocycles. The largest absolute Gasteiger partial charge is 1.00 e. The third kappa shape index (κ3) is 3.67. The van der Waals surface area contributed by atoms with Crippen LogP contribution in [-0.2, 0) is 27.9 Å². The molecule has 8 heteroatoms. The quantitative estimate of drug-likeness (QED) is 0.175. The Morgan fingerprint density at radius 1 is 1.29 bits per heavy atom. The summed E-state index contributed by atoms with van der Waals surface area (Å²) in [7, 11) is -0.716. The number of hydrogen-bond acceptors (Lipinski definition) is 6. The van der Waals surface area contributed by atoms with Gasteiger partial charge in [0, 0.05) is 14.2 Å². The summed E-state index contributed by atoms with van der Waals surface area (Å²) in [6.07, 6.45) is 0. The van der Waals surface area contributed by atoms with E-state index >= 15 is 0 Å². The van der Waals surface area contributed by atoms with Gasteiger partial charge in [-0.05, 0) is 0 Å². The van der Waals surface area contributed by atoms with Crippen molar-refractivity contribution in [1.82, 2.24) is 0 Å². The monoisotopic (exact) mass is 232 g/mol. The van der Waals surface area contributed by atoms with Gasteiger partial charge in [-0.2, -0.15) is 0 Å². The van der Waals surface area contributed by atoms with Crippen LogP contribution < -0.4 is 29.6 Å². The van der Waals surface area contributed by atoms with Gasteiger partial charge in [0.05, 0.1) is 7.11 Å². The second-order valence-electron chi connectivity index (χ2n) is 1.80. The molecule has 0 aromatic rings. The summed E-state index contributed by atoms with van der Waals surface area (Å²) >= 11 is 0. The Bertz CT molecular complexity index is 292. The molecule has 0 fully saturated rings. The maximum absolute atomic E-state index is 11.4. The van der Waals surface area contributed by atoms with Crippen molar-refractivity contribution >= 4 is 19.5 Å². The number of methoxy groups -OCH3 is 1. The maximum atomic E-state index is 11.4.